The largest absolute Gasteiger partial charge is 1.00 e. The molecule has 4 rings (SSSR count). The topological polar surface area (TPSA) is 108 Å². The predicted molar refractivity (Wildman–Crippen MR) is 140 cm³/mol. The van der Waals surface area contributed by atoms with Crippen LogP contribution in [-0.4, -0.2) is 39.9 Å². The number of nitrogens with two attached hydrogens (primary N) is 1. The fourth-order valence-corrected chi connectivity index (χ4v) is 3.12. The molecule has 0 aliphatic carbocycles. The van der Waals surface area contributed by atoms with Gasteiger partial charge in [-0.2, -0.15) is 17.2 Å². The van der Waals surface area contributed by atoms with E-state index in [9.17, 15) is 0 Å². The Balaban J connectivity index is 0.000000685. The first-order valence-electron chi connectivity index (χ1n) is 10.9. The number of anilines is 4. The standard InChI is InChI=1S/C20H21N7.C5H8.CH3O.K/c1-2-9-27-17-12-16(8-7-15(17)13-23-27)24-20-22-14-18(19(21)25-20)26-10-5-3-4-6-11-26;1-4-5(2)3;1-2;/h2,7-8,12-14H,1,3,5,9-11H2,(H3,21,22,24,25);4H,1-2H2,3H3;1H3;/q;;-1;+1. The zero-order chi connectivity index (χ0) is 24.9. The Morgan fingerprint density at radius 3 is 2.66 bits per heavy atom. The SMILES string of the molecule is C=CC(=C)C.C=CCn1ncc2ccc(Nc3ncc(N4CC#CCCC4)c(N)n3)cc21.C[O-].[K+]. The first-order chi connectivity index (χ1) is 16.5. The molecule has 3 N–H and O–H groups in total. The number of benzene rings is 1. The zero-order valence-corrected chi connectivity index (χ0v) is 24.0. The minimum absolute atomic E-state index is 0. The molecule has 0 fully saturated rings. The number of allylic oxidation sites excluding steroid dienone is 3. The summed E-state index contributed by atoms with van der Waals surface area (Å²) in [5, 5.41) is 16.9. The van der Waals surface area contributed by atoms with Crippen molar-refractivity contribution < 1.29 is 56.5 Å². The number of fused-ring (bicyclic) bond motifs is 1. The number of nitrogens with one attached hydrogen (secondary N) is 1. The van der Waals surface area contributed by atoms with Crippen molar-refractivity contribution in [3.05, 3.63) is 68.1 Å². The van der Waals surface area contributed by atoms with Crippen LogP contribution in [-0.2, 0) is 6.54 Å². The molecule has 1 aliphatic heterocycles. The van der Waals surface area contributed by atoms with Gasteiger partial charge in [0.2, 0.25) is 5.95 Å². The maximum absolute atomic E-state index is 8.25. The van der Waals surface area contributed by atoms with Crippen LogP contribution in [0.3, 0.4) is 0 Å². The molecule has 1 aromatic carbocycles. The predicted octanol–water partition coefficient (Wildman–Crippen LogP) is 0.671. The fourth-order valence-electron chi connectivity index (χ4n) is 3.12. The van der Waals surface area contributed by atoms with Crippen LogP contribution in [0.1, 0.15) is 19.8 Å². The Morgan fingerprint density at radius 1 is 1.26 bits per heavy atom. The quantitative estimate of drug-likeness (QED) is 0.223. The van der Waals surface area contributed by atoms with E-state index in [-0.39, 0.29) is 51.4 Å². The van der Waals surface area contributed by atoms with Gasteiger partial charge < -0.3 is 21.1 Å². The monoisotopic (exact) mass is 497 g/mol. The van der Waals surface area contributed by atoms with E-state index in [0.29, 0.717) is 24.9 Å². The van der Waals surface area contributed by atoms with Gasteiger partial charge in [-0.05, 0) is 31.5 Å². The summed E-state index contributed by atoms with van der Waals surface area (Å²) in [4.78, 5) is 11.0. The third-order valence-corrected chi connectivity index (χ3v) is 4.81. The van der Waals surface area contributed by atoms with Crippen LogP contribution in [0.2, 0.25) is 0 Å². The van der Waals surface area contributed by atoms with Gasteiger partial charge in [0.1, 0.15) is 0 Å². The van der Waals surface area contributed by atoms with E-state index in [1.54, 1.807) is 12.3 Å². The Kier molecular flexibility index (Phi) is 14.2. The average molecular weight is 498 g/mol. The second-order valence-corrected chi connectivity index (χ2v) is 7.41. The molecule has 0 amide bonds. The molecule has 9 heteroatoms. The third-order valence-electron chi connectivity index (χ3n) is 4.81. The van der Waals surface area contributed by atoms with E-state index in [1.165, 1.54) is 0 Å². The van der Waals surface area contributed by atoms with Crippen molar-refractivity contribution in [2.75, 3.05) is 36.1 Å². The van der Waals surface area contributed by atoms with E-state index < -0.39 is 0 Å². The summed E-state index contributed by atoms with van der Waals surface area (Å²) in [7, 11) is 0.750. The van der Waals surface area contributed by atoms with Crippen LogP contribution >= 0.6 is 0 Å². The first-order valence-corrected chi connectivity index (χ1v) is 10.9. The third kappa shape index (κ3) is 9.26. The Hall–Kier alpha value is -2.45. The van der Waals surface area contributed by atoms with Gasteiger partial charge in [-0.25, -0.2) is 4.98 Å². The van der Waals surface area contributed by atoms with Gasteiger partial charge in [0, 0.05) is 24.0 Å². The second-order valence-electron chi connectivity index (χ2n) is 7.41. The Labute approximate surface area is 250 Å². The van der Waals surface area contributed by atoms with Gasteiger partial charge in [-0.3, -0.25) is 4.68 Å². The van der Waals surface area contributed by atoms with Gasteiger partial charge in [0.25, 0.3) is 0 Å². The molecule has 35 heavy (non-hydrogen) atoms. The number of hydrogen-bond donors (Lipinski definition) is 2. The smallest absolute Gasteiger partial charge is 0.857 e. The molecule has 0 saturated carbocycles. The minimum Gasteiger partial charge on any atom is -0.857 e. The fraction of sp³-hybridized carbons (Fsp3) is 0.269. The molecule has 8 nitrogen and oxygen atoms in total. The molecular formula is C26H32KN7O. The van der Waals surface area contributed by atoms with Crippen molar-refractivity contribution in [2.24, 2.45) is 0 Å². The summed E-state index contributed by atoms with van der Waals surface area (Å²) < 4.78 is 1.90. The Bertz CT molecular complexity index is 1190. The number of hydrogen-bond acceptors (Lipinski definition) is 7. The maximum atomic E-state index is 8.25. The molecule has 3 aromatic rings. The van der Waals surface area contributed by atoms with Crippen molar-refractivity contribution in [1.82, 2.24) is 19.7 Å². The Morgan fingerprint density at radius 2 is 2.00 bits per heavy atom. The van der Waals surface area contributed by atoms with Crippen LogP contribution in [0.25, 0.3) is 10.9 Å². The molecule has 0 saturated heterocycles. The number of rotatable bonds is 6. The second kappa shape index (κ2) is 16.3. The van der Waals surface area contributed by atoms with Crippen LogP contribution in [0.4, 0.5) is 23.1 Å². The van der Waals surface area contributed by atoms with Crippen LogP contribution in [0.5, 0.6) is 0 Å². The molecule has 0 unspecified atom stereocenters. The van der Waals surface area contributed by atoms with Gasteiger partial charge in [0.15, 0.2) is 5.82 Å². The van der Waals surface area contributed by atoms with Crippen molar-refractivity contribution in [1.29, 1.82) is 0 Å². The van der Waals surface area contributed by atoms with Crippen LogP contribution < -0.4 is 72.4 Å². The molecule has 0 atom stereocenters. The normalized spacial score (nSPS) is 11.7. The van der Waals surface area contributed by atoms with E-state index in [4.69, 9.17) is 10.8 Å². The van der Waals surface area contributed by atoms with Gasteiger partial charge >= 0.3 is 51.4 Å². The van der Waals surface area contributed by atoms with E-state index in [1.807, 2.05) is 42.1 Å². The number of aromatic nitrogens is 4. The molecule has 0 bridgehead atoms. The van der Waals surface area contributed by atoms with Crippen molar-refractivity contribution in [2.45, 2.75) is 26.3 Å². The summed E-state index contributed by atoms with van der Waals surface area (Å²) >= 11 is 0. The molecule has 3 heterocycles. The average Bonchev–Trinajstić information content (AvgIpc) is 3.05. The van der Waals surface area contributed by atoms with Gasteiger partial charge in [-0.15, -0.1) is 12.5 Å². The van der Waals surface area contributed by atoms with Gasteiger partial charge in [-0.1, -0.05) is 36.8 Å². The zero-order valence-electron chi connectivity index (χ0n) is 20.9. The molecule has 0 spiro atoms. The molecule has 178 valence electrons. The summed E-state index contributed by atoms with van der Waals surface area (Å²) in [6, 6.07) is 6.00. The number of nitrogen functional groups attached to an aromatic ring is 1. The van der Waals surface area contributed by atoms with E-state index in [0.717, 1.165) is 54.3 Å². The summed E-state index contributed by atoms with van der Waals surface area (Å²) in [6.07, 6.45) is 9.09. The van der Waals surface area contributed by atoms with E-state index >= 15 is 0 Å². The summed E-state index contributed by atoms with van der Waals surface area (Å²) in [5.74, 6) is 7.20. The molecule has 1 aliphatic rings. The van der Waals surface area contributed by atoms with Crippen molar-refractivity contribution in [3.63, 3.8) is 0 Å². The minimum atomic E-state index is 0. The van der Waals surface area contributed by atoms with Crippen LogP contribution in [0.15, 0.2) is 68.1 Å². The van der Waals surface area contributed by atoms with E-state index in [2.05, 4.69) is 56.9 Å². The van der Waals surface area contributed by atoms with Crippen molar-refractivity contribution in [3.8, 4) is 11.8 Å². The molecule has 2 aromatic heterocycles. The summed E-state index contributed by atoms with van der Waals surface area (Å²) in [6.45, 7) is 14.9. The number of nitrogens with zero attached hydrogens (tertiary/aromatic N) is 5. The summed E-state index contributed by atoms with van der Waals surface area (Å²) in [5.41, 5.74) is 9.93. The van der Waals surface area contributed by atoms with Gasteiger partial charge in [0.05, 0.1) is 36.7 Å². The maximum Gasteiger partial charge on any atom is 1.00 e. The first kappa shape index (κ1) is 30.6. The molecular weight excluding hydrogens is 465 g/mol. The van der Waals surface area contributed by atoms with Crippen LogP contribution in [0, 0.1) is 11.8 Å². The van der Waals surface area contributed by atoms with Crippen molar-refractivity contribution >= 4 is 34.0 Å². The molecule has 0 radical (unpaired) electrons.